The van der Waals surface area contributed by atoms with Crippen molar-refractivity contribution in [3.8, 4) is 5.75 Å². The highest BCUT2D eigenvalue weighted by Gasteiger charge is 2.32. The Morgan fingerprint density at radius 2 is 1.91 bits per heavy atom. The Morgan fingerprint density at radius 3 is 2.65 bits per heavy atom. The van der Waals surface area contributed by atoms with Gasteiger partial charge in [-0.15, -0.1) is 0 Å². The largest absolute Gasteiger partial charge is 0.508 e. The molecule has 124 valence electrons. The Morgan fingerprint density at radius 1 is 1.13 bits per heavy atom. The molecule has 0 aliphatic carbocycles. The molecule has 3 unspecified atom stereocenters. The molecule has 1 aromatic heterocycles. The van der Waals surface area contributed by atoms with Crippen LogP contribution in [0.5, 0.6) is 5.75 Å². The highest BCUT2D eigenvalue weighted by molar-refractivity contribution is 5.51. The molecule has 2 aromatic rings. The van der Waals surface area contributed by atoms with Crippen LogP contribution in [0.4, 0.5) is 5.69 Å². The van der Waals surface area contributed by atoms with Crippen LogP contribution in [0.1, 0.15) is 33.1 Å². The molecule has 3 heteroatoms. The van der Waals surface area contributed by atoms with Gasteiger partial charge in [-0.3, -0.25) is 0 Å². The van der Waals surface area contributed by atoms with Crippen LogP contribution >= 0.6 is 0 Å². The SMILES string of the molecule is CC1CCN(c2cccc(O)c2)C(CCCn2cccc2)C1C. The normalized spacial score (nSPS) is 24.8. The maximum absolute atomic E-state index is 9.82. The van der Waals surface area contributed by atoms with Crippen molar-refractivity contribution >= 4 is 5.69 Å². The van der Waals surface area contributed by atoms with Gasteiger partial charge in [-0.25, -0.2) is 0 Å². The molecule has 0 amide bonds. The predicted molar refractivity (Wildman–Crippen MR) is 95.9 cm³/mol. The minimum atomic E-state index is 0.361. The van der Waals surface area contributed by atoms with Crippen molar-refractivity contribution in [3.05, 3.63) is 48.8 Å². The number of hydrogen-bond acceptors (Lipinski definition) is 2. The molecule has 0 saturated carbocycles. The van der Waals surface area contributed by atoms with E-state index in [-0.39, 0.29) is 0 Å². The second-order valence-corrected chi connectivity index (χ2v) is 6.97. The fraction of sp³-hybridized carbons (Fsp3) is 0.500. The van der Waals surface area contributed by atoms with Gasteiger partial charge in [0.2, 0.25) is 0 Å². The van der Waals surface area contributed by atoms with Crippen LogP contribution in [0.2, 0.25) is 0 Å². The zero-order chi connectivity index (χ0) is 16.2. The van der Waals surface area contributed by atoms with E-state index in [4.69, 9.17) is 0 Å². The lowest BCUT2D eigenvalue weighted by Crippen LogP contribution is -2.47. The zero-order valence-electron chi connectivity index (χ0n) is 14.2. The molecule has 3 rings (SSSR count). The fourth-order valence-corrected chi connectivity index (χ4v) is 3.85. The van der Waals surface area contributed by atoms with E-state index >= 15 is 0 Å². The molecule has 1 aromatic carbocycles. The van der Waals surface area contributed by atoms with E-state index in [0.717, 1.165) is 24.7 Å². The van der Waals surface area contributed by atoms with Gasteiger partial charge >= 0.3 is 0 Å². The Hall–Kier alpha value is -1.90. The lowest BCUT2D eigenvalue weighted by atomic mass is 9.80. The molecule has 23 heavy (non-hydrogen) atoms. The highest BCUT2D eigenvalue weighted by Crippen LogP contribution is 2.35. The summed E-state index contributed by atoms with van der Waals surface area (Å²) >= 11 is 0. The Kier molecular flexibility index (Phi) is 4.94. The van der Waals surface area contributed by atoms with Crippen LogP contribution in [0.15, 0.2) is 48.8 Å². The number of hydrogen-bond donors (Lipinski definition) is 1. The van der Waals surface area contributed by atoms with E-state index in [1.54, 1.807) is 6.07 Å². The zero-order valence-corrected chi connectivity index (χ0v) is 14.2. The molecule has 3 atom stereocenters. The number of piperidine rings is 1. The second-order valence-electron chi connectivity index (χ2n) is 6.97. The first-order valence-corrected chi connectivity index (χ1v) is 8.81. The number of phenolic OH excluding ortho intramolecular Hbond substituents is 1. The Labute approximate surface area is 139 Å². The summed E-state index contributed by atoms with van der Waals surface area (Å²) in [6.07, 6.45) is 7.88. The molecule has 1 aliphatic rings. The summed E-state index contributed by atoms with van der Waals surface area (Å²) in [5, 5.41) is 9.82. The van der Waals surface area contributed by atoms with Crippen molar-refractivity contribution in [1.29, 1.82) is 0 Å². The quantitative estimate of drug-likeness (QED) is 0.879. The number of aromatic hydroxyl groups is 1. The fourth-order valence-electron chi connectivity index (χ4n) is 3.85. The van der Waals surface area contributed by atoms with E-state index in [1.807, 2.05) is 12.1 Å². The van der Waals surface area contributed by atoms with Crippen LogP contribution < -0.4 is 4.90 Å². The first-order valence-electron chi connectivity index (χ1n) is 8.81. The summed E-state index contributed by atoms with van der Waals surface area (Å²) in [4.78, 5) is 2.51. The average Bonchev–Trinajstić information content (AvgIpc) is 3.05. The third kappa shape index (κ3) is 3.72. The molecule has 1 fully saturated rings. The number of aromatic nitrogens is 1. The number of phenols is 1. The van der Waals surface area contributed by atoms with E-state index in [1.165, 1.54) is 19.3 Å². The van der Waals surface area contributed by atoms with Crippen molar-refractivity contribution in [2.75, 3.05) is 11.4 Å². The molecule has 1 N–H and O–H groups in total. The number of rotatable bonds is 5. The molecule has 1 saturated heterocycles. The van der Waals surface area contributed by atoms with Crippen molar-refractivity contribution in [1.82, 2.24) is 4.57 Å². The van der Waals surface area contributed by atoms with Crippen LogP contribution in [-0.2, 0) is 6.54 Å². The maximum atomic E-state index is 9.82. The topological polar surface area (TPSA) is 28.4 Å². The average molecular weight is 312 g/mol. The minimum absolute atomic E-state index is 0.361. The van der Waals surface area contributed by atoms with Gasteiger partial charge < -0.3 is 14.6 Å². The van der Waals surface area contributed by atoms with Gasteiger partial charge in [-0.2, -0.15) is 0 Å². The minimum Gasteiger partial charge on any atom is -0.508 e. The van der Waals surface area contributed by atoms with Crippen LogP contribution in [0.3, 0.4) is 0 Å². The highest BCUT2D eigenvalue weighted by atomic mass is 16.3. The molecule has 0 spiro atoms. The standard InChI is InChI=1S/C20H28N2O/c1-16-10-14-22(18-7-5-8-19(23)15-18)20(17(16)2)9-6-13-21-11-3-4-12-21/h3-5,7-8,11-12,15-17,20,23H,6,9-10,13-14H2,1-2H3. The predicted octanol–water partition coefficient (Wildman–Crippen LogP) is 4.53. The first kappa shape index (κ1) is 16.0. The number of benzene rings is 1. The molecular weight excluding hydrogens is 284 g/mol. The van der Waals surface area contributed by atoms with E-state index < -0.39 is 0 Å². The van der Waals surface area contributed by atoms with Gasteiger partial charge in [0.15, 0.2) is 0 Å². The van der Waals surface area contributed by atoms with Crippen LogP contribution in [0.25, 0.3) is 0 Å². The smallest absolute Gasteiger partial charge is 0.117 e. The monoisotopic (exact) mass is 312 g/mol. The molecule has 2 heterocycles. The summed E-state index contributed by atoms with van der Waals surface area (Å²) in [6.45, 7) is 6.94. The number of anilines is 1. The summed E-state index contributed by atoms with van der Waals surface area (Å²) in [5.41, 5.74) is 1.16. The summed E-state index contributed by atoms with van der Waals surface area (Å²) in [6, 6.07) is 12.5. The van der Waals surface area contributed by atoms with Crippen LogP contribution in [-0.4, -0.2) is 22.3 Å². The third-order valence-corrected chi connectivity index (χ3v) is 5.47. The van der Waals surface area contributed by atoms with Gasteiger partial charge in [-0.05, 0) is 55.4 Å². The van der Waals surface area contributed by atoms with E-state index in [2.05, 4.69) is 53.9 Å². The molecule has 3 nitrogen and oxygen atoms in total. The van der Waals surface area contributed by atoms with Gasteiger partial charge in [0, 0.05) is 43.3 Å². The first-order chi connectivity index (χ1) is 11.1. The van der Waals surface area contributed by atoms with Crippen molar-refractivity contribution in [2.45, 2.75) is 45.7 Å². The lowest BCUT2D eigenvalue weighted by molar-refractivity contribution is 0.239. The second kappa shape index (κ2) is 7.12. The van der Waals surface area contributed by atoms with E-state index in [9.17, 15) is 5.11 Å². The molecule has 0 radical (unpaired) electrons. The van der Waals surface area contributed by atoms with Gasteiger partial charge in [0.25, 0.3) is 0 Å². The number of aryl methyl sites for hydroxylation is 1. The molecular formula is C20H28N2O. The van der Waals surface area contributed by atoms with Crippen LogP contribution in [0, 0.1) is 11.8 Å². The van der Waals surface area contributed by atoms with Crippen molar-refractivity contribution in [3.63, 3.8) is 0 Å². The van der Waals surface area contributed by atoms with E-state index in [0.29, 0.717) is 17.7 Å². The maximum Gasteiger partial charge on any atom is 0.117 e. The summed E-state index contributed by atoms with van der Waals surface area (Å²) in [5.74, 6) is 1.80. The van der Waals surface area contributed by atoms with Gasteiger partial charge in [-0.1, -0.05) is 19.9 Å². The lowest BCUT2D eigenvalue weighted by Gasteiger charge is -2.45. The summed E-state index contributed by atoms with van der Waals surface area (Å²) in [7, 11) is 0. The number of nitrogens with zero attached hydrogens (tertiary/aromatic N) is 2. The summed E-state index contributed by atoms with van der Waals surface area (Å²) < 4.78 is 2.26. The van der Waals surface area contributed by atoms with Crippen molar-refractivity contribution in [2.24, 2.45) is 11.8 Å². The van der Waals surface area contributed by atoms with Gasteiger partial charge in [0.05, 0.1) is 0 Å². The third-order valence-electron chi connectivity index (χ3n) is 5.47. The Bertz CT molecular complexity index is 608. The van der Waals surface area contributed by atoms with Gasteiger partial charge in [0.1, 0.15) is 5.75 Å². The van der Waals surface area contributed by atoms with Crippen molar-refractivity contribution < 1.29 is 5.11 Å². The Balaban J connectivity index is 1.71. The molecule has 1 aliphatic heterocycles. The molecule has 0 bridgehead atoms.